The van der Waals surface area contributed by atoms with Crippen molar-refractivity contribution in [2.75, 3.05) is 7.11 Å². The van der Waals surface area contributed by atoms with Crippen LogP contribution in [0.4, 0.5) is 0 Å². The van der Waals surface area contributed by atoms with Crippen LogP contribution in [0.1, 0.15) is 15.9 Å². The molecule has 0 saturated heterocycles. The lowest BCUT2D eigenvalue weighted by molar-refractivity contribution is 0.108. The van der Waals surface area contributed by atoms with Gasteiger partial charge in [0.1, 0.15) is 0 Å². The molecule has 98 valence electrons. The number of alkyl halides is 1. The van der Waals surface area contributed by atoms with Crippen molar-refractivity contribution in [2.45, 2.75) is 5.33 Å². The zero-order valence-corrected chi connectivity index (χ0v) is 12.8. The van der Waals surface area contributed by atoms with Gasteiger partial charge in [-0.2, -0.15) is 0 Å². The summed E-state index contributed by atoms with van der Waals surface area (Å²) in [5, 5.41) is 0.728. The van der Waals surface area contributed by atoms with Gasteiger partial charge in [0.2, 0.25) is 5.12 Å². The summed E-state index contributed by atoms with van der Waals surface area (Å²) in [7, 11) is 1.49. The monoisotopic (exact) mass is 336 g/mol. The van der Waals surface area contributed by atoms with Gasteiger partial charge in [-0.1, -0.05) is 52.3 Å². The van der Waals surface area contributed by atoms with Crippen LogP contribution in [0.3, 0.4) is 0 Å². The lowest BCUT2D eigenvalue weighted by Gasteiger charge is -2.07. The summed E-state index contributed by atoms with van der Waals surface area (Å²) in [6.45, 7) is 0. The van der Waals surface area contributed by atoms with Crippen molar-refractivity contribution in [2.24, 2.45) is 0 Å². The van der Waals surface area contributed by atoms with Crippen molar-refractivity contribution in [1.82, 2.24) is 0 Å². The number of benzene rings is 2. The second-order valence-electron chi connectivity index (χ2n) is 3.91. The van der Waals surface area contributed by atoms with E-state index in [0.29, 0.717) is 5.56 Å². The highest BCUT2D eigenvalue weighted by molar-refractivity contribution is 9.08. The van der Waals surface area contributed by atoms with E-state index in [1.165, 1.54) is 18.2 Å². The Kier molecular flexibility index (Phi) is 5.19. The minimum atomic E-state index is -0.0807. The summed E-state index contributed by atoms with van der Waals surface area (Å²) in [5.41, 5.74) is 4.16. The summed E-state index contributed by atoms with van der Waals surface area (Å²) in [5.74, 6) is 0. The minimum Gasteiger partial charge on any atom is -0.311 e. The van der Waals surface area contributed by atoms with Gasteiger partial charge < -0.3 is 4.18 Å². The van der Waals surface area contributed by atoms with Gasteiger partial charge in [0.05, 0.1) is 19.2 Å². The summed E-state index contributed by atoms with van der Waals surface area (Å²) >= 11 is 4.34. The molecule has 0 heterocycles. The molecule has 2 nitrogen and oxygen atoms in total. The molecule has 0 aliphatic rings. The van der Waals surface area contributed by atoms with Gasteiger partial charge in [-0.25, -0.2) is 0 Å². The first-order valence-corrected chi connectivity index (χ1v) is 7.62. The molecule has 0 aromatic heterocycles. The van der Waals surface area contributed by atoms with Gasteiger partial charge in [0, 0.05) is 10.9 Å². The molecule has 0 bridgehead atoms. The van der Waals surface area contributed by atoms with Gasteiger partial charge in [-0.3, -0.25) is 4.79 Å². The van der Waals surface area contributed by atoms with Crippen LogP contribution in [-0.4, -0.2) is 12.2 Å². The Morgan fingerprint density at radius 3 is 2.47 bits per heavy atom. The second kappa shape index (κ2) is 6.89. The fourth-order valence-electron chi connectivity index (χ4n) is 1.83. The van der Waals surface area contributed by atoms with Crippen molar-refractivity contribution in [3.63, 3.8) is 0 Å². The van der Waals surface area contributed by atoms with E-state index in [1.807, 2.05) is 36.4 Å². The number of carbonyl (C=O) groups is 1. The standard InChI is InChI=1S/C15H13BrO2S/c1-18-19-15(17)12-8-6-11(7-9-12)14-5-3-2-4-13(14)10-16/h2-9H,10H2,1H3. The third kappa shape index (κ3) is 3.47. The molecule has 2 aromatic carbocycles. The van der Waals surface area contributed by atoms with Crippen LogP contribution < -0.4 is 0 Å². The van der Waals surface area contributed by atoms with E-state index in [1.54, 1.807) is 0 Å². The maximum absolute atomic E-state index is 11.6. The van der Waals surface area contributed by atoms with Crippen LogP contribution in [-0.2, 0) is 9.51 Å². The number of hydrogen-bond donors (Lipinski definition) is 0. The largest absolute Gasteiger partial charge is 0.311 e. The van der Waals surface area contributed by atoms with Crippen molar-refractivity contribution < 1.29 is 8.98 Å². The molecule has 0 aliphatic heterocycles. The molecule has 0 aliphatic carbocycles. The number of halogens is 1. The van der Waals surface area contributed by atoms with E-state index in [0.717, 1.165) is 22.9 Å². The van der Waals surface area contributed by atoms with E-state index < -0.39 is 0 Å². The third-order valence-electron chi connectivity index (χ3n) is 2.75. The number of carbonyl (C=O) groups excluding carboxylic acids is 1. The van der Waals surface area contributed by atoms with Gasteiger partial charge in [0.25, 0.3) is 0 Å². The first-order chi connectivity index (χ1) is 9.26. The molecule has 0 spiro atoms. The Morgan fingerprint density at radius 2 is 1.84 bits per heavy atom. The lowest BCUT2D eigenvalue weighted by Crippen LogP contribution is -1.93. The fourth-order valence-corrected chi connectivity index (χ4v) is 2.70. The Labute approximate surface area is 125 Å². The quantitative estimate of drug-likeness (QED) is 0.598. The van der Waals surface area contributed by atoms with E-state index in [9.17, 15) is 4.79 Å². The second-order valence-corrected chi connectivity index (χ2v) is 5.34. The van der Waals surface area contributed by atoms with Crippen molar-refractivity contribution in [1.29, 1.82) is 0 Å². The van der Waals surface area contributed by atoms with E-state index in [4.69, 9.17) is 4.18 Å². The molecule has 0 N–H and O–H groups in total. The summed E-state index contributed by atoms with van der Waals surface area (Å²) < 4.78 is 4.77. The molecule has 2 aromatic rings. The Balaban J connectivity index is 2.30. The zero-order chi connectivity index (χ0) is 13.7. The van der Waals surface area contributed by atoms with Crippen LogP contribution in [0.5, 0.6) is 0 Å². The van der Waals surface area contributed by atoms with Gasteiger partial charge in [-0.05, 0) is 28.8 Å². The van der Waals surface area contributed by atoms with Crippen molar-refractivity contribution >= 4 is 33.1 Å². The smallest absolute Gasteiger partial charge is 0.246 e. The molecule has 4 heteroatoms. The fraction of sp³-hybridized carbons (Fsp3) is 0.133. The Bertz CT molecular complexity index is 567. The predicted octanol–water partition coefficient (Wildman–Crippen LogP) is 4.68. The summed E-state index contributed by atoms with van der Waals surface area (Å²) in [4.78, 5) is 11.6. The summed E-state index contributed by atoms with van der Waals surface area (Å²) in [6, 6.07) is 15.8. The highest BCUT2D eigenvalue weighted by Crippen LogP contribution is 2.26. The topological polar surface area (TPSA) is 26.3 Å². The Morgan fingerprint density at radius 1 is 1.16 bits per heavy atom. The molecule has 0 fully saturated rings. The minimum absolute atomic E-state index is 0.0807. The highest BCUT2D eigenvalue weighted by Gasteiger charge is 2.08. The average molecular weight is 337 g/mol. The normalized spacial score (nSPS) is 10.4. The zero-order valence-electron chi connectivity index (χ0n) is 10.4. The van der Waals surface area contributed by atoms with Gasteiger partial charge in [0.15, 0.2) is 0 Å². The Hall–Kier alpha value is -1.10. The molecule has 2 rings (SSSR count). The molecule has 0 atom stereocenters. The van der Waals surface area contributed by atoms with Crippen LogP contribution >= 0.6 is 28.0 Å². The molecule has 0 saturated carbocycles. The van der Waals surface area contributed by atoms with Crippen LogP contribution in [0, 0.1) is 0 Å². The highest BCUT2D eigenvalue weighted by atomic mass is 79.9. The van der Waals surface area contributed by atoms with Crippen LogP contribution in [0.15, 0.2) is 48.5 Å². The first-order valence-electron chi connectivity index (χ1n) is 5.75. The third-order valence-corrected chi connectivity index (χ3v) is 3.91. The number of rotatable bonds is 4. The van der Waals surface area contributed by atoms with E-state index in [2.05, 4.69) is 28.1 Å². The lowest BCUT2D eigenvalue weighted by atomic mass is 10.00. The van der Waals surface area contributed by atoms with E-state index >= 15 is 0 Å². The molecule has 0 amide bonds. The molecule has 0 unspecified atom stereocenters. The van der Waals surface area contributed by atoms with Gasteiger partial charge in [-0.15, -0.1) is 0 Å². The molecule has 19 heavy (non-hydrogen) atoms. The average Bonchev–Trinajstić information content (AvgIpc) is 2.47. The van der Waals surface area contributed by atoms with Crippen LogP contribution in [0.2, 0.25) is 0 Å². The maximum atomic E-state index is 11.6. The summed E-state index contributed by atoms with van der Waals surface area (Å²) in [6.07, 6.45) is 0. The predicted molar refractivity (Wildman–Crippen MR) is 83.4 cm³/mol. The van der Waals surface area contributed by atoms with Crippen LogP contribution in [0.25, 0.3) is 11.1 Å². The van der Waals surface area contributed by atoms with Crippen molar-refractivity contribution in [3.05, 3.63) is 59.7 Å². The molecule has 0 radical (unpaired) electrons. The SMILES string of the molecule is COSC(=O)c1ccc(-c2ccccc2CBr)cc1. The van der Waals surface area contributed by atoms with Gasteiger partial charge >= 0.3 is 0 Å². The van der Waals surface area contributed by atoms with E-state index in [-0.39, 0.29) is 5.12 Å². The molecular weight excluding hydrogens is 324 g/mol. The molecular formula is C15H13BrO2S. The first kappa shape index (κ1) is 14.3. The van der Waals surface area contributed by atoms with Crippen molar-refractivity contribution in [3.8, 4) is 11.1 Å². The number of hydrogen-bond acceptors (Lipinski definition) is 3. The maximum Gasteiger partial charge on any atom is 0.246 e.